The maximum Gasteiger partial charge on any atom is 0.186 e. The lowest BCUT2D eigenvalue weighted by molar-refractivity contribution is 0.425. The van der Waals surface area contributed by atoms with Gasteiger partial charge in [0.2, 0.25) is 0 Å². The molecule has 3 nitrogen and oxygen atoms in total. The second-order valence-corrected chi connectivity index (χ2v) is 8.36. The first-order valence-electron chi connectivity index (χ1n) is 7.74. The van der Waals surface area contributed by atoms with Crippen molar-refractivity contribution in [3.8, 4) is 0 Å². The lowest BCUT2D eigenvalue weighted by Gasteiger charge is -2.26. The van der Waals surface area contributed by atoms with Crippen molar-refractivity contribution in [2.24, 2.45) is 5.92 Å². The van der Waals surface area contributed by atoms with Crippen LogP contribution >= 0.6 is 11.3 Å². The number of hydrogen-bond donors (Lipinski definition) is 1. The molecule has 0 bridgehead atoms. The van der Waals surface area contributed by atoms with E-state index < -0.39 is 0 Å². The number of aromatic nitrogens is 1. The van der Waals surface area contributed by atoms with Crippen LogP contribution in [0.2, 0.25) is 0 Å². The Morgan fingerprint density at radius 1 is 1.35 bits per heavy atom. The molecule has 0 amide bonds. The largest absolute Gasteiger partial charge is 0.345 e. The molecule has 1 heterocycles. The van der Waals surface area contributed by atoms with Crippen LogP contribution in [0.1, 0.15) is 58.0 Å². The van der Waals surface area contributed by atoms with E-state index in [0.29, 0.717) is 6.04 Å². The zero-order valence-corrected chi connectivity index (χ0v) is 14.6. The molecule has 4 heteroatoms. The third-order valence-corrected chi connectivity index (χ3v) is 4.88. The molecule has 0 unspecified atom stereocenters. The topological polar surface area (TPSA) is 28.2 Å². The summed E-state index contributed by atoms with van der Waals surface area (Å²) in [4.78, 5) is 8.67. The number of nitrogens with zero attached hydrogens (tertiary/aromatic N) is 2. The second-order valence-electron chi connectivity index (χ2n) is 7.30. The molecule has 1 aromatic rings. The van der Waals surface area contributed by atoms with Crippen molar-refractivity contribution in [2.45, 2.75) is 72.5 Å². The number of thiazole rings is 1. The van der Waals surface area contributed by atoms with Crippen LogP contribution in [0.5, 0.6) is 0 Å². The van der Waals surface area contributed by atoms with Crippen LogP contribution in [0.25, 0.3) is 0 Å². The zero-order chi connectivity index (χ0) is 14.9. The third-order valence-electron chi connectivity index (χ3n) is 3.68. The Morgan fingerprint density at radius 3 is 2.50 bits per heavy atom. The van der Waals surface area contributed by atoms with E-state index in [1.165, 1.54) is 35.1 Å². The van der Waals surface area contributed by atoms with Crippen LogP contribution in [0.15, 0.2) is 0 Å². The van der Waals surface area contributed by atoms with Crippen molar-refractivity contribution in [3.05, 3.63) is 10.6 Å². The van der Waals surface area contributed by atoms with Gasteiger partial charge in [0.05, 0.1) is 5.69 Å². The molecule has 0 aliphatic heterocycles. The van der Waals surface area contributed by atoms with E-state index in [0.717, 1.165) is 12.5 Å². The molecule has 1 N–H and O–H groups in total. The fourth-order valence-electron chi connectivity index (χ4n) is 2.13. The minimum Gasteiger partial charge on any atom is -0.345 e. The normalized spacial score (nSPS) is 15.9. The van der Waals surface area contributed by atoms with E-state index in [9.17, 15) is 0 Å². The van der Waals surface area contributed by atoms with Crippen molar-refractivity contribution in [2.75, 3.05) is 11.4 Å². The fourth-order valence-corrected chi connectivity index (χ4v) is 3.28. The van der Waals surface area contributed by atoms with Gasteiger partial charge in [0, 0.05) is 29.5 Å². The number of aryl methyl sites for hydroxylation is 1. The molecule has 114 valence electrons. The summed E-state index contributed by atoms with van der Waals surface area (Å²) in [5.41, 5.74) is 1.34. The van der Waals surface area contributed by atoms with Crippen molar-refractivity contribution in [1.82, 2.24) is 10.3 Å². The first kappa shape index (κ1) is 15.8. The number of rotatable bonds is 6. The summed E-state index contributed by atoms with van der Waals surface area (Å²) in [6.07, 6.45) is 2.79. The predicted molar refractivity (Wildman–Crippen MR) is 88.6 cm³/mol. The Bertz CT molecular complexity index is 441. The van der Waals surface area contributed by atoms with Gasteiger partial charge in [-0.25, -0.2) is 4.98 Å². The van der Waals surface area contributed by atoms with Crippen molar-refractivity contribution < 1.29 is 0 Å². The second kappa shape index (κ2) is 6.02. The summed E-state index contributed by atoms with van der Waals surface area (Å²) >= 11 is 1.86. The molecule has 0 radical (unpaired) electrons. The van der Waals surface area contributed by atoms with Gasteiger partial charge in [-0.3, -0.25) is 0 Å². The summed E-state index contributed by atoms with van der Waals surface area (Å²) < 4.78 is 0. The van der Waals surface area contributed by atoms with Crippen molar-refractivity contribution >= 4 is 16.5 Å². The highest BCUT2D eigenvalue weighted by Crippen LogP contribution is 2.34. The van der Waals surface area contributed by atoms with Gasteiger partial charge in [0.25, 0.3) is 0 Å². The minimum atomic E-state index is 0.155. The third kappa shape index (κ3) is 4.45. The highest BCUT2D eigenvalue weighted by molar-refractivity contribution is 7.15. The highest BCUT2D eigenvalue weighted by atomic mass is 32.1. The maximum absolute atomic E-state index is 4.82. The Kier molecular flexibility index (Phi) is 4.75. The van der Waals surface area contributed by atoms with Gasteiger partial charge in [-0.1, -0.05) is 0 Å². The van der Waals surface area contributed by atoms with Gasteiger partial charge in [-0.15, -0.1) is 11.3 Å². The van der Waals surface area contributed by atoms with E-state index in [1.54, 1.807) is 0 Å². The summed E-state index contributed by atoms with van der Waals surface area (Å²) in [6.45, 7) is 15.4. The quantitative estimate of drug-likeness (QED) is 0.861. The average molecular weight is 295 g/mol. The van der Waals surface area contributed by atoms with Crippen LogP contribution < -0.4 is 10.2 Å². The number of anilines is 1. The summed E-state index contributed by atoms with van der Waals surface area (Å²) in [5, 5.41) is 4.77. The maximum atomic E-state index is 4.82. The Hall–Kier alpha value is -0.610. The molecule has 1 saturated carbocycles. The van der Waals surface area contributed by atoms with E-state index in [4.69, 9.17) is 4.98 Å². The van der Waals surface area contributed by atoms with Crippen LogP contribution in [0, 0.1) is 12.8 Å². The molecule has 1 aromatic heterocycles. The summed E-state index contributed by atoms with van der Waals surface area (Å²) in [6, 6.07) is 0.532. The molecule has 1 aliphatic carbocycles. The molecule has 0 spiro atoms. The molecular weight excluding hydrogens is 266 g/mol. The Balaban J connectivity index is 2.07. The standard InChI is InChI=1S/C16H29N3S/c1-11(2)19(10-13-7-8-13)15-18-12(3)14(20-15)9-17-16(4,5)6/h11,13,17H,7-10H2,1-6H3. The van der Waals surface area contributed by atoms with Crippen LogP contribution in [-0.2, 0) is 6.54 Å². The van der Waals surface area contributed by atoms with Gasteiger partial charge in [-0.05, 0) is 60.3 Å². The lowest BCUT2D eigenvalue weighted by atomic mass is 10.1. The number of hydrogen-bond acceptors (Lipinski definition) is 4. The molecule has 0 saturated heterocycles. The molecule has 1 fully saturated rings. The smallest absolute Gasteiger partial charge is 0.186 e. The van der Waals surface area contributed by atoms with Crippen LogP contribution in [0.3, 0.4) is 0 Å². The molecule has 2 rings (SSSR count). The van der Waals surface area contributed by atoms with E-state index >= 15 is 0 Å². The van der Waals surface area contributed by atoms with E-state index in [-0.39, 0.29) is 5.54 Å². The van der Waals surface area contributed by atoms with Gasteiger partial charge in [-0.2, -0.15) is 0 Å². The predicted octanol–water partition coefficient (Wildman–Crippen LogP) is 3.96. The molecule has 1 aliphatic rings. The fraction of sp³-hybridized carbons (Fsp3) is 0.812. The average Bonchev–Trinajstić information content (AvgIpc) is 3.06. The van der Waals surface area contributed by atoms with Crippen molar-refractivity contribution in [3.63, 3.8) is 0 Å². The Labute approximate surface area is 127 Å². The highest BCUT2D eigenvalue weighted by Gasteiger charge is 2.27. The SMILES string of the molecule is Cc1nc(N(CC2CC2)C(C)C)sc1CNC(C)(C)C. The molecular formula is C16H29N3S. The monoisotopic (exact) mass is 295 g/mol. The molecule has 0 atom stereocenters. The van der Waals surface area contributed by atoms with E-state index in [1.807, 2.05) is 11.3 Å². The minimum absolute atomic E-state index is 0.155. The van der Waals surface area contributed by atoms with Gasteiger partial charge >= 0.3 is 0 Å². The molecule has 0 aromatic carbocycles. The van der Waals surface area contributed by atoms with E-state index in [2.05, 4.69) is 51.8 Å². The first-order valence-corrected chi connectivity index (χ1v) is 8.56. The molecule has 20 heavy (non-hydrogen) atoms. The Morgan fingerprint density at radius 2 is 2.00 bits per heavy atom. The van der Waals surface area contributed by atoms with Gasteiger partial charge < -0.3 is 10.2 Å². The number of nitrogens with one attached hydrogen (secondary N) is 1. The lowest BCUT2D eigenvalue weighted by Crippen LogP contribution is -2.35. The first-order chi connectivity index (χ1) is 9.26. The zero-order valence-electron chi connectivity index (χ0n) is 13.8. The summed E-state index contributed by atoms with van der Waals surface area (Å²) in [7, 11) is 0. The van der Waals surface area contributed by atoms with Gasteiger partial charge in [0.1, 0.15) is 0 Å². The van der Waals surface area contributed by atoms with Crippen LogP contribution in [-0.4, -0.2) is 23.1 Å². The summed E-state index contributed by atoms with van der Waals surface area (Å²) in [5.74, 6) is 0.901. The van der Waals surface area contributed by atoms with Gasteiger partial charge in [0.15, 0.2) is 5.13 Å². The van der Waals surface area contributed by atoms with Crippen LogP contribution in [0.4, 0.5) is 5.13 Å². The van der Waals surface area contributed by atoms with Crippen molar-refractivity contribution in [1.29, 1.82) is 0 Å².